The number of nitrogens with zero attached hydrogens (tertiary/aromatic N) is 1. The van der Waals surface area contributed by atoms with Crippen molar-refractivity contribution in [1.29, 1.82) is 0 Å². The summed E-state index contributed by atoms with van der Waals surface area (Å²) in [6.07, 6.45) is -3.30. The van der Waals surface area contributed by atoms with E-state index in [-0.39, 0.29) is 0 Å². The SMILES string of the molecule is Nc1ccc(N2CC(F)(F)OCC2=O)cc1. The number of amides is 1. The number of ether oxygens (including phenoxy) is 1. The lowest BCUT2D eigenvalue weighted by Crippen LogP contribution is -2.50. The summed E-state index contributed by atoms with van der Waals surface area (Å²) in [6, 6.07) is 6.15. The first-order chi connectivity index (χ1) is 7.48. The van der Waals surface area contributed by atoms with E-state index in [1.54, 1.807) is 12.1 Å². The fraction of sp³-hybridized carbons (Fsp3) is 0.300. The van der Waals surface area contributed by atoms with Crippen LogP contribution < -0.4 is 10.6 Å². The highest BCUT2D eigenvalue weighted by Gasteiger charge is 2.40. The molecule has 2 rings (SSSR count). The molecule has 1 aliphatic rings. The number of hydrogen-bond acceptors (Lipinski definition) is 3. The Kier molecular flexibility index (Phi) is 2.51. The van der Waals surface area contributed by atoms with Crippen molar-refractivity contribution in [2.45, 2.75) is 6.11 Å². The maximum atomic E-state index is 13.0. The van der Waals surface area contributed by atoms with E-state index in [1.807, 2.05) is 0 Å². The molecule has 1 amide bonds. The Morgan fingerprint density at radius 3 is 2.56 bits per heavy atom. The van der Waals surface area contributed by atoms with Crippen molar-refractivity contribution in [2.24, 2.45) is 0 Å². The number of halogens is 2. The lowest BCUT2D eigenvalue weighted by Gasteiger charge is -2.32. The van der Waals surface area contributed by atoms with Gasteiger partial charge in [0, 0.05) is 11.4 Å². The van der Waals surface area contributed by atoms with E-state index < -0.39 is 25.2 Å². The highest BCUT2D eigenvalue weighted by atomic mass is 19.3. The van der Waals surface area contributed by atoms with E-state index >= 15 is 0 Å². The van der Waals surface area contributed by atoms with Gasteiger partial charge in [0.15, 0.2) is 0 Å². The summed E-state index contributed by atoms with van der Waals surface area (Å²) < 4.78 is 30.0. The Labute approximate surface area is 90.6 Å². The van der Waals surface area contributed by atoms with Gasteiger partial charge in [-0.15, -0.1) is 0 Å². The number of carbonyl (C=O) groups excluding carboxylic acids is 1. The van der Waals surface area contributed by atoms with E-state index in [9.17, 15) is 13.6 Å². The molecule has 0 radical (unpaired) electrons. The molecule has 0 bridgehead atoms. The second-order valence-corrected chi connectivity index (χ2v) is 3.50. The monoisotopic (exact) mass is 228 g/mol. The van der Waals surface area contributed by atoms with Gasteiger partial charge in [-0.1, -0.05) is 0 Å². The van der Waals surface area contributed by atoms with Gasteiger partial charge < -0.3 is 15.4 Å². The Balaban J connectivity index is 2.25. The Morgan fingerprint density at radius 2 is 1.94 bits per heavy atom. The van der Waals surface area contributed by atoms with Gasteiger partial charge in [0.05, 0.1) is 0 Å². The first-order valence-corrected chi connectivity index (χ1v) is 4.66. The molecule has 0 unspecified atom stereocenters. The second-order valence-electron chi connectivity index (χ2n) is 3.50. The van der Waals surface area contributed by atoms with Crippen LogP contribution in [0.2, 0.25) is 0 Å². The summed E-state index contributed by atoms with van der Waals surface area (Å²) in [4.78, 5) is 12.4. The van der Waals surface area contributed by atoms with Gasteiger partial charge in [0.2, 0.25) is 0 Å². The summed E-state index contributed by atoms with van der Waals surface area (Å²) in [6.45, 7) is -1.38. The molecule has 0 spiro atoms. The summed E-state index contributed by atoms with van der Waals surface area (Å²) in [5.41, 5.74) is 6.37. The van der Waals surface area contributed by atoms with Crippen LogP contribution in [-0.2, 0) is 9.53 Å². The van der Waals surface area contributed by atoms with Crippen LogP contribution in [0.1, 0.15) is 0 Å². The fourth-order valence-corrected chi connectivity index (χ4v) is 1.45. The number of rotatable bonds is 1. The topological polar surface area (TPSA) is 55.6 Å². The Hall–Kier alpha value is -1.69. The van der Waals surface area contributed by atoms with Gasteiger partial charge in [-0.3, -0.25) is 4.79 Å². The van der Waals surface area contributed by atoms with Crippen molar-refractivity contribution in [3.63, 3.8) is 0 Å². The fourth-order valence-electron chi connectivity index (χ4n) is 1.45. The van der Waals surface area contributed by atoms with Gasteiger partial charge in [0.1, 0.15) is 13.2 Å². The molecule has 1 aliphatic heterocycles. The van der Waals surface area contributed by atoms with E-state index in [2.05, 4.69) is 4.74 Å². The third-order valence-corrected chi connectivity index (χ3v) is 2.25. The van der Waals surface area contributed by atoms with Crippen molar-refractivity contribution in [3.8, 4) is 0 Å². The van der Waals surface area contributed by atoms with Gasteiger partial charge in [-0.2, -0.15) is 8.78 Å². The van der Waals surface area contributed by atoms with Crippen LogP contribution >= 0.6 is 0 Å². The number of nitrogen functional groups attached to an aromatic ring is 1. The molecular formula is C10H10F2N2O2. The van der Waals surface area contributed by atoms with Crippen molar-refractivity contribution < 1.29 is 18.3 Å². The van der Waals surface area contributed by atoms with E-state index in [4.69, 9.17) is 5.73 Å². The van der Waals surface area contributed by atoms with Crippen LogP contribution in [-0.4, -0.2) is 25.2 Å². The third-order valence-electron chi connectivity index (χ3n) is 2.25. The van der Waals surface area contributed by atoms with Crippen molar-refractivity contribution in [1.82, 2.24) is 0 Å². The average Bonchev–Trinajstić information content (AvgIpc) is 2.23. The van der Waals surface area contributed by atoms with Crippen LogP contribution in [0.25, 0.3) is 0 Å². The minimum Gasteiger partial charge on any atom is -0.399 e. The first-order valence-electron chi connectivity index (χ1n) is 4.66. The Bertz CT molecular complexity index is 406. The number of alkyl halides is 2. The highest BCUT2D eigenvalue weighted by Crippen LogP contribution is 2.26. The summed E-state index contributed by atoms with van der Waals surface area (Å²) >= 11 is 0. The predicted molar refractivity (Wildman–Crippen MR) is 54.1 cm³/mol. The largest absolute Gasteiger partial charge is 0.399 e. The van der Waals surface area contributed by atoms with Crippen molar-refractivity contribution in [2.75, 3.05) is 23.8 Å². The lowest BCUT2D eigenvalue weighted by molar-refractivity contribution is -0.238. The maximum absolute atomic E-state index is 13.0. The van der Waals surface area contributed by atoms with Gasteiger partial charge >= 0.3 is 6.11 Å². The molecular weight excluding hydrogens is 218 g/mol. The van der Waals surface area contributed by atoms with Crippen LogP contribution in [0.5, 0.6) is 0 Å². The summed E-state index contributed by atoms with van der Waals surface area (Å²) in [5, 5.41) is 0. The number of morpholine rings is 1. The van der Waals surface area contributed by atoms with Gasteiger partial charge in [-0.25, -0.2) is 0 Å². The van der Waals surface area contributed by atoms with Crippen LogP contribution in [0, 0.1) is 0 Å². The molecule has 86 valence electrons. The zero-order chi connectivity index (χ0) is 11.8. The molecule has 2 N–H and O–H groups in total. The number of anilines is 2. The molecule has 1 heterocycles. The molecule has 1 saturated heterocycles. The third kappa shape index (κ3) is 2.11. The lowest BCUT2D eigenvalue weighted by atomic mass is 10.2. The van der Waals surface area contributed by atoms with E-state index in [0.29, 0.717) is 11.4 Å². The summed E-state index contributed by atoms with van der Waals surface area (Å²) in [7, 11) is 0. The summed E-state index contributed by atoms with van der Waals surface area (Å²) in [5.74, 6) is -0.490. The number of benzene rings is 1. The predicted octanol–water partition coefficient (Wildman–Crippen LogP) is 1.22. The van der Waals surface area contributed by atoms with E-state index in [0.717, 1.165) is 4.90 Å². The average molecular weight is 228 g/mol. The quantitative estimate of drug-likeness (QED) is 0.735. The second kappa shape index (κ2) is 3.71. The number of hydrogen-bond donors (Lipinski definition) is 1. The first kappa shape index (κ1) is 10.8. The minimum absolute atomic E-state index is 0.391. The molecule has 0 aliphatic carbocycles. The Morgan fingerprint density at radius 1 is 1.31 bits per heavy atom. The molecule has 1 aromatic carbocycles. The molecule has 1 aromatic rings. The van der Waals surface area contributed by atoms with Gasteiger partial charge in [-0.05, 0) is 24.3 Å². The zero-order valence-electron chi connectivity index (χ0n) is 8.32. The molecule has 0 saturated carbocycles. The number of carbonyl (C=O) groups is 1. The molecule has 4 nitrogen and oxygen atoms in total. The molecule has 1 fully saturated rings. The smallest absolute Gasteiger partial charge is 0.374 e. The normalized spacial score (nSPS) is 19.9. The molecule has 0 aromatic heterocycles. The number of nitrogens with two attached hydrogens (primary N) is 1. The zero-order valence-corrected chi connectivity index (χ0v) is 8.32. The molecule has 16 heavy (non-hydrogen) atoms. The van der Waals surface area contributed by atoms with Crippen LogP contribution in [0.3, 0.4) is 0 Å². The van der Waals surface area contributed by atoms with Gasteiger partial charge in [0.25, 0.3) is 5.91 Å². The standard InChI is InChI=1S/C10H10F2N2O2/c11-10(12)6-14(9(15)5-16-10)8-3-1-7(13)2-4-8/h1-4H,5-6,13H2. The maximum Gasteiger partial charge on any atom is 0.374 e. The molecule has 6 heteroatoms. The van der Waals surface area contributed by atoms with Crippen LogP contribution in [0.4, 0.5) is 20.2 Å². The minimum atomic E-state index is -3.30. The van der Waals surface area contributed by atoms with E-state index in [1.165, 1.54) is 12.1 Å². The highest BCUT2D eigenvalue weighted by molar-refractivity contribution is 5.95. The van der Waals surface area contributed by atoms with Crippen molar-refractivity contribution in [3.05, 3.63) is 24.3 Å². The van der Waals surface area contributed by atoms with Crippen molar-refractivity contribution >= 4 is 17.3 Å². The molecule has 0 atom stereocenters. The van der Waals surface area contributed by atoms with Crippen LogP contribution in [0.15, 0.2) is 24.3 Å².